The van der Waals surface area contributed by atoms with Crippen molar-refractivity contribution in [3.8, 4) is 5.75 Å². The van der Waals surface area contributed by atoms with Gasteiger partial charge in [0.1, 0.15) is 29.1 Å². The minimum atomic E-state index is -0.878. The molecule has 6 heteroatoms. The minimum absolute atomic E-state index is 0.00973. The van der Waals surface area contributed by atoms with Crippen LogP contribution in [0.1, 0.15) is 34.3 Å². The third-order valence-electron chi connectivity index (χ3n) is 5.45. The number of amides is 1. The molecule has 0 spiro atoms. The molecule has 1 aliphatic heterocycles. The summed E-state index contributed by atoms with van der Waals surface area (Å²) in [4.78, 5) is 27.7. The largest absolute Gasteiger partial charge is 0.507 e. The summed E-state index contributed by atoms with van der Waals surface area (Å²) in [7, 11) is 1.55. The lowest BCUT2D eigenvalue weighted by Gasteiger charge is -2.25. The number of ether oxygens (including phenoxy) is 1. The van der Waals surface area contributed by atoms with Gasteiger partial charge in [-0.3, -0.25) is 14.5 Å². The van der Waals surface area contributed by atoms with E-state index in [0.717, 1.165) is 11.1 Å². The number of hydrogen-bond acceptors (Lipinski definition) is 5. The Hall–Kier alpha value is -3.80. The number of Topliss-reactive ketones (excluding diaryl/α,β-unsaturated/α-hetero) is 1. The van der Waals surface area contributed by atoms with Crippen LogP contribution in [0.2, 0.25) is 0 Å². The van der Waals surface area contributed by atoms with Gasteiger partial charge in [0.2, 0.25) is 0 Å². The number of aliphatic hydroxyl groups is 1. The van der Waals surface area contributed by atoms with Gasteiger partial charge in [0.25, 0.3) is 11.7 Å². The average molecular weight is 417 g/mol. The van der Waals surface area contributed by atoms with E-state index < -0.39 is 17.7 Å². The number of hydrogen-bond donors (Lipinski definition) is 1. The zero-order chi connectivity index (χ0) is 22.3. The number of benzene rings is 2. The zero-order valence-electron chi connectivity index (χ0n) is 17.8. The van der Waals surface area contributed by atoms with Crippen molar-refractivity contribution in [3.63, 3.8) is 0 Å². The van der Waals surface area contributed by atoms with Crippen LogP contribution in [0, 0.1) is 20.8 Å². The van der Waals surface area contributed by atoms with E-state index in [1.807, 2.05) is 32.0 Å². The molecular formula is C25H23NO5. The van der Waals surface area contributed by atoms with Crippen molar-refractivity contribution in [1.82, 2.24) is 0 Å². The Morgan fingerprint density at radius 3 is 2.29 bits per heavy atom. The third-order valence-corrected chi connectivity index (χ3v) is 5.45. The Morgan fingerprint density at radius 1 is 1.00 bits per heavy atom. The second kappa shape index (κ2) is 7.80. The number of furan rings is 1. The maximum atomic E-state index is 13.1. The maximum Gasteiger partial charge on any atom is 0.300 e. The van der Waals surface area contributed by atoms with Gasteiger partial charge in [-0.25, -0.2) is 0 Å². The number of aliphatic hydroxyl groups excluding tert-OH is 1. The monoisotopic (exact) mass is 417 g/mol. The summed E-state index contributed by atoms with van der Waals surface area (Å²) in [5.41, 5.74) is 2.89. The lowest BCUT2D eigenvalue weighted by molar-refractivity contribution is -0.132. The molecule has 158 valence electrons. The highest BCUT2D eigenvalue weighted by Crippen LogP contribution is 2.43. The summed E-state index contributed by atoms with van der Waals surface area (Å²) in [6.07, 6.45) is 0. The molecule has 2 aromatic carbocycles. The molecule has 1 fully saturated rings. The number of ketones is 1. The first-order chi connectivity index (χ1) is 14.8. The van der Waals surface area contributed by atoms with Crippen molar-refractivity contribution in [3.05, 3.63) is 88.4 Å². The Balaban J connectivity index is 1.93. The zero-order valence-corrected chi connectivity index (χ0v) is 17.8. The van der Waals surface area contributed by atoms with Crippen LogP contribution in [0.5, 0.6) is 5.75 Å². The fourth-order valence-electron chi connectivity index (χ4n) is 3.93. The van der Waals surface area contributed by atoms with Crippen molar-refractivity contribution in [2.45, 2.75) is 26.8 Å². The maximum absolute atomic E-state index is 13.1. The fraction of sp³-hybridized carbons (Fsp3) is 0.200. The molecule has 1 N–H and O–H groups in total. The molecule has 0 aliphatic carbocycles. The fourth-order valence-corrected chi connectivity index (χ4v) is 3.93. The molecule has 2 heterocycles. The van der Waals surface area contributed by atoms with Crippen LogP contribution in [0.4, 0.5) is 5.69 Å². The van der Waals surface area contributed by atoms with E-state index in [4.69, 9.17) is 9.15 Å². The summed E-state index contributed by atoms with van der Waals surface area (Å²) in [5, 5.41) is 11.1. The van der Waals surface area contributed by atoms with E-state index in [-0.39, 0.29) is 11.3 Å². The smallest absolute Gasteiger partial charge is 0.300 e. The van der Waals surface area contributed by atoms with Gasteiger partial charge in [-0.2, -0.15) is 0 Å². The molecule has 6 nitrogen and oxygen atoms in total. The molecule has 1 aliphatic rings. The van der Waals surface area contributed by atoms with E-state index in [0.29, 0.717) is 28.5 Å². The molecular weight excluding hydrogens is 394 g/mol. The van der Waals surface area contributed by atoms with Crippen LogP contribution >= 0.6 is 0 Å². The van der Waals surface area contributed by atoms with E-state index in [1.165, 1.54) is 4.90 Å². The first-order valence-corrected chi connectivity index (χ1v) is 9.91. The number of methoxy groups -OCH3 is 1. The summed E-state index contributed by atoms with van der Waals surface area (Å²) in [6, 6.07) is 14.9. The summed E-state index contributed by atoms with van der Waals surface area (Å²) in [5.74, 6) is -0.0522. The molecule has 1 aromatic heterocycles. The van der Waals surface area contributed by atoms with Gasteiger partial charge in [-0.05, 0) is 68.8 Å². The lowest BCUT2D eigenvalue weighted by atomic mass is 9.98. The van der Waals surface area contributed by atoms with Crippen LogP contribution in [0.15, 0.2) is 64.6 Å². The van der Waals surface area contributed by atoms with E-state index in [2.05, 4.69) is 0 Å². The van der Waals surface area contributed by atoms with Crippen LogP contribution in [0.3, 0.4) is 0 Å². The van der Waals surface area contributed by atoms with Crippen molar-refractivity contribution < 1.29 is 23.8 Å². The van der Waals surface area contributed by atoms with Gasteiger partial charge in [0, 0.05) is 11.3 Å². The molecule has 31 heavy (non-hydrogen) atoms. The second-order valence-corrected chi connectivity index (χ2v) is 7.64. The minimum Gasteiger partial charge on any atom is -0.507 e. The number of carbonyl (C=O) groups excluding carboxylic acids is 2. The Bertz CT molecular complexity index is 1200. The van der Waals surface area contributed by atoms with Gasteiger partial charge in [-0.1, -0.05) is 17.7 Å². The summed E-state index contributed by atoms with van der Waals surface area (Å²) in [6.45, 7) is 5.63. The van der Waals surface area contributed by atoms with Crippen molar-refractivity contribution in [2.75, 3.05) is 12.0 Å². The summed E-state index contributed by atoms with van der Waals surface area (Å²) < 4.78 is 11.0. The van der Waals surface area contributed by atoms with E-state index in [9.17, 15) is 14.7 Å². The van der Waals surface area contributed by atoms with Gasteiger partial charge < -0.3 is 14.3 Å². The Labute approximate surface area is 180 Å². The normalized spacial score (nSPS) is 17.9. The summed E-state index contributed by atoms with van der Waals surface area (Å²) >= 11 is 0. The molecule has 1 saturated heterocycles. The van der Waals surface area contributed by atoms with E-state index >= 15 is 0 Å². The van der Waals surface area contributed by atoms with Crippen molar-refractivity contribution in [1.29, 1.82) is 0 Å². The quantitative estimate of drug-likeness (QED) is 0.373. The number of rotatable bonds is 4. The van der Waals surface area contributed by atoms with Crippen LogP contribution in [-0.2, 0) is 9.59 Å². The number of carbonyl (C=O) groups is 2. The number of nitrogens with zero attached hydrogens (tertiary/aromatic N) is 1. The van der Waals surface area contributed by atoms with Crippen LogP contribution < -0.4 is 9.64 Å². The van der Waals surface area contributed by atoms with Gasteiger partial charge in [0.05, 0.1) is 12.7 Å². The van der Waals surface area contributed by atoms with Crippen LogP contribution in [0.25, 0.3) is 5.76 Å². The Kier molecular flexibility index (Phi) is 5.15. The van der Waals surface area contributed by atoms with Gasteiger partial charge in [-0.15, -0.1) is 0 Å². The van der Waals surface area contributed by atoms with Crippen molar-refractivity contribution >= 4 is 23.1 Å². The predicted octanol–water partition coefficient (Wildman–Crippen LogP) is 4.84. The van der Waals surface area contributed by atoms with Gasteiger partial charge in [0.15, 0.2) is 0 Å². The van der Waals surface area contributed by atoms with E-state index in [1.54, 1.807) is 50.4 Å². The average Bonchev–Trinajstić information content (AvgIpc) is 3.29. The highest BCUT2D eigenvalue weighted by molar-refractivity contribution is 6.51. The van der Waals surface area contributed by atoms with Crippen molar-refractivity contribution in [2.24, 2.45) is 0 Å². The molecule has 0 bridgehead atoms. The highest BCUT2D eigenvalue weighted by Gasteiger charge is 2.48. The first kappa shape index (κ1) is 20.5. The number of aryl methyl sites for hydroxylation is 3. The molecule has 1 unspecified atom stereocenters. The highest BCUT2D eigenvalue weighted by atomic mass is 16.5. The molecule has 1 atom stereocenters. The second-order valence-electron chi connectivity index (χ2n) is 7.64. The molecule has 0 saturated carbocycles. The Morgan fingerprint density at radius 2 is 1.71 bits per heavy atom. The molecule has 0 radical (unpaired) electrons. The predicted molar refractivity (Wildman–Crippen MR) is 117 cm³/mol. The standard InChI is InChI=1S/C25H23NO5/c1-14-5-11-19(15(2)13-14)26-22(20-12-6-16(3)31-20)21(24(28)25(26)29)23(27)17-7-9-18(30-4)10-8-17/h5-13,22,27H,1-4H3/b23-21-. The third kappa shape index (κ3) is 3.50. The molecule has 1 amide bonds. The SMILES string of the molecule is COc1ccc(/C(O)=C2/C(=O)C(=O)N(c3ccc(C)cc3C)C2c2ccc(C)o2)cc1. The molecule has 4 rings (SSSR count). The topological polar surface area (TPSA) is 80.0 Å². The number of anilines is 1. The first-order valence-electron chi connectivity index (χ1n) is 9.91. The lowest BCUT2D eigenvalue weighted by Crippen LogP contribution is -2.30. The van der Waals surface area contributed by atoms with Gasteiger partial charge >= 0.3 is 0 Å². The molecule has 3 aromatic rings. The van der Waals surface area contributed by atoms with Crippen LogP contribution in [-0.4, -0.2) is 23.9 Å².